The molecule has 0 aliphatic carbocycles. The van der Waals surface area contributed by atoms with Crippen molar-refractivity contribution in [1.82, 2.24) is 4.72 Å². The summed E-state index contributed by atoms with van der Waals surface area (Å²) in [5.74, 6) is -0.799. The smallest absolute Gasteiger partial charge is 0.243 e. The average molecular weight is 314 g/mol. The number of rotatable bonds is 4. The summed E-state index contributed by atoms with van der Waals surface area (Å²) >= 11 is 1.45. The van der Waals surface area contributed by atoms with Gasteiger partial charge in [-0.15, -0.1) is 11.3 Å². The van der Waals surface area contributed by atoms with Crippen molar-refractivity contribution in [3.8, 4) is 0 Å². The standard InChI is InChI=1S/C13H15FN2O2S2/c1-8-3-4-19-12(8)7-16-20(17,18)13-6-11(15)9(2)5-10(13)14/h3-6,16H,7,15H2,1-2H3. The quantitative estimate of drug-likeness (QED) is 0.852. The number of hydrogen-bond donors (Lipinski definition) is 2. The van der Waals surface area contributed by atoms with Crippen LogP contribution in [0.3, 0.4) is 0 Å². The highest BCUT2D eigenvalue weighted by atomic mass is 32.2. The molecule has 0 radical (unpaired) electrons. The molecule has 0 atom stereocenters. The van der Waals surface area contributed by atoms with Crippen molar-refractivity contribution in [2.24, 2.45) is 0 Å². The van der Waals surface area contributed by atoms with Gasteiger partial charge in [-0.1, -0.05) is 0 Å². The number of nitrogen functional groups attached to an aromatic ring is 1. The molecule has 0 fully saturated rings. The number of benzene rings is 1. The van der Waals surface area contributed by atoms with Crippen molar-refractivity contribution in [2.45, 2.75) is 25.3 Å². The number of nitrogens with two attached hydrogens (primary N) is 1. The summed E-state index contributed by atoms with van der Waals surface area (Å²) in [5, 5.41) is 1.88. The predicted octanol–water partition coefficient (Wildman–Crippen LogP) is 2.56. The highest BCUT2D eigenvalue weighted by Crippen LogP contribution is 2.22. The van der Waals surface area contributed by atoms with E-state index in [9.17, 15) is 12.8 Å². The van der Waals surface area contributed by atoms with Gasteiger partial charge in [0.1, 0.15) is 10.7 Å². The Balaban J connectivity index is 2.27. The lowest BCUT2D eigenvalue weighted by Gasteiger charge is -2.09. The molecule has 2 aromatic rings. The summed E-state index contributed by atoms with van der Waals surface area (Å²) in [6.45, 7) is 3.65. The summed E-state index contributed by atoms with van der Waals surface area (Å²) in [6.07, 6.45) is 0. The number of hydrogen-bond acceptors (Lipinski definition) is 4. The van der Waals surface area contributed by atoms with Crippen LogP contribution in [0.2, 0.25) is 0 Å². The van der Waals surface area contributed by atoms with Crippen LogP contribution in [0, 0.1) is 19.7 Å². The van der Waals surface area contributed by atoms with Gasteiger partial charge in [-0.05, 0) is 48.6 Å². The van der Waals surface area contributed by atoms with Crippen LogP contribution in [0.5, 0.6) is 0 Å². The lowest BCUT2D eigenvalue weighted by Crippen LogP contribution is -2.24. The molecule has 0 unspecified atom stereocenters. The molecule has 0 amide bonds. The van der Waals surface area contributed by atoms with Crippen molar-refractivity contribution in [2.75, 3.05) is 5.73 Å². The van der Waals surface area contributed by atoms with Gasteiger partial charge in [0.25, 0.3) is 0 Å². The minimum absolute atomic E-state index is 0.138. The predicted molar refractivity (Wildman–Crippen MR) is 78.6 cm³/mol. The largest absolute Gasteiger partial charge is 0.398 e. The molecule has 0 aliphatic heterocycles. The molecule has 0 saturated heterocycles. The fourth-order valence-corrected chi connectivity index (χ4v) is 3.72. The van der Waals surface area contributed by atoms with Crippen molar-refractivity contribution in [1.29, 1.82) is 0 Å². The molecule has 20 heavy (non-hydrogen) atoms. The fraction of sp³-hybridized carbons (Fsp3) is 0.231. The third-order valence-corrected chi connectivity index (χ3v) is 5.44. The van der Waals surface area contributed by atoms with E-state index in [2.05, 4.69) is 4.72 Å². The first-order valence-corrected chi connectivity index (χ1v) is 8.26. The van der Waals surface area contributed by atoms with Gasteiger partial charge < -0.3 is 5.73 Å². The zero-order valence-corrected chi connectivity index (χ0v) is 12.7. The molecule has 4 nitrogen and oxygen atoms in total. The Kier molecular flexibility index (Phi) is 4.12. The Hall–Kier alpha value is -1.44. The Bertz CT molecular complexity index is 739. The van der Waals surface area contributed by atoms with E-state index in [4.69, 9.17) is 5.73 Å². The van der Waals surface area contributed by atoms with Gasteiger partial charge in [-0.3, -0.25) is 0 Å². The molecule has 1 heterocycles. The van der Waals surface area contributed by atoms with Gasteiger partial charge in [-0.25, -0.2) is 17.5 Å². The maximum atomic E-state index is 13.8. The number of anilines is 1. The SMILES string of the molecule is Cc1cc(F)c(S(=O)(=O)NCc2sccc2C)cc1N. The molecule has 1 aromatic carbocycles. The van der Waals surface area contributed by atoms with Crippen molar-refractivity contribution >= 4 is 27.0 Å². The van der Waals surface area contributed by atoms with Crippen LogP contribution >= 0.6 is 11.3 Å². The number of nitrogens with one attached hydrogen (secondary N) is 1. The van der Waals surface area contributed by atoms with Crippen LogP contribution in [0.1, 0.15) is 16.0 Å². The Morgan fingerprint density at radius 3 is 2.60 bits per heavy atom. The van der Waals surface area contributed by atoms with E-state index in [1.165, 1.54) is 11.3 Å². The van der Waals surface area contributed by atoms with E-state index in [0.29, 0.717) is 5.56 Å². The second-order valence-corrected chi connectivity index (χ2v) is 7.23. The van der Waals surface area contributed by atoms with Crippen molar-refractivity contribution in [3.05, 3.63) is 45.4 Å². The lowest BCUT2D eigenvalue weighted by atomic mass is 10.2. The third kappa shape index (κ3) is 3.00. The van der Waals surface area contributed by atoms with E-state index < -0.39 is 20.7 Å². The van der Waals surface area contributed by atoms with E-state index in [0.717, 1.165) is 22.6 Å². The normalized spacial score (nSPS) is 11.8. The molecule has 1 aromatic heterocycles. The summed E-state index contributed by atoms with van der Waals surface area (Å²) in [4.78, 5) is 0.476. The third-order valence-electron chi connectivity index (χ3n) is 3.00. The van der Waals surface area contributed by atoms with Gasteiger partial charge in [0.2, 0.25) is 10.0 Å². The van der Waals surface area contributed by atoms with Crippen molar-refractivity contribution in [3.63, 3.8) is 0 Å². The molecule has 0 spiro atoms. The van der Waals surface area contributed by atoms with Crippen LogP contribution in [-0.2, 0) is 16.6 Å². The Morgan fingerprint density at radius 1 is 1.30 bits per heavy atom. The Morgan fingerprint density at radius 2 is 2.00 bits per heavy atom. The lowest BCUT2D eigenvalue weighted by molar-refractivity contribution is 0.557. The summed E-state index contributed by atoms with van der Waals surface area (Å²) in [6, 6.07) is 4.17. The zero-order valence-electron chi connectivity index (χ0n) is 11.1. The highest BCUT2D eigenvalue weighted by molar-refractivity contribution is 7.89. The second-order valence-electron chi connectivity index (χ2n) is 4.49. The van der Waals surface area contributed by atoms with E-state index in [-0.39, 0.29) is 12.2 Å². The molecule has 2 rings (SSSR count). The van der Waals surface area contributed by atoms with E-state index in [1.807, 2.05) is 18.4 Å². The van der Waals surface area contributed by atoms with Gasteiger partial charge in [0.15, 0.2) is 0 Å². The maximum absolute atomic E-state index is 13.8. The average Bonchev–Trinajstić information content (AvgIpc) is 2.77. The first-order valence-electron chi connectivity index (χ1n) is 5.89. The first kappa shape index (κ1) is 15.0. The van der Waals surface area contributed by atoms with Crippen molar-refractivity contribution < 1.29 is 12.8 Å². The minimum Gasteiger partial charge on any atom is -0.398 e. The van der Waals surface area contributed by atoms with Gasteiger partial charge in [0, 0.05) is 17.1 Å². The second kappa shape index (κ2) is 5.51. The number of halogens is 1. The van der Waals surface area contributed by atoms with Gasteiger partial charge in [0.05, 0.1) is 0 Å². The van der Waals surface area contributed by atoms with Crippen LogP contribution in [-0.4, -0.2) is 8.42 Å². The monoisotopic (exact) mass is 314 g/mol. The highest BCUT2D eigenvalue weighted by Gasteiger charge is 2.20. The van der Waals surface area contributed by atoms with Crippen LogP contribution < -0.4 is 10.5 Å². The minimum atomic E-state index is -3.92. The van der Waals surface area contributed by atoms with E-state index >= 15 is 0 Å². The van der Waals surface area contributed by atoms with Crippen LogP contribution in [0.4, 0.5) is 10.1 Å². The van der Waals surface area contributed by atoms with Gasteiger partial charge >= 0.3 is 0 Å². The molecule has 7 heteroatoms. The zero-order chi connectivity index (χ0) is 14.9. The van der Waals surface area contributed by atoms with Crippen LogP contribution in [0.15, 0.2) is 28.5 Å². The maximum Gasteiger partial charge on any atom is 0.243 e. The number of thiophene rings is 1. The summed E-state index contributed by atoms with van der Waals surface area (Å²) < 4.78 is 40.4. The first-order chi connectivity index (χ1) is 9.31. The summed E-state index contributed by atoms with van der Waals surface area (Å²) in [5.41, 5.74) is 7.40. The fourth-order valence-electron chi connectivity index (χ4n) is 1.70. The number of aryl methyl sites for hydroxylation is 2. The van der Waals surface area contributed by atoms with Crippen LogP contribution in [0.25, 0.3) is 0 Å². The summed E-state index contributed by atoms with van der Waals surface area (Å²) in [7, 11) is -3.92. The molecule has 0 bridgehead atoms. The number of sulfonamides is 1. The Labute approximate surface area is 121 Å². The molecule has 0 aliphatic rings. The molecular formula is C13H15FN2O2S2. The molecule has 3 N–H and O–H groups in total. The topological polar surface area (TPSA) is 72.2 Å². The molecule has 0 saturated carbocycles. The van der Waals surface area contributed by atoms with Gasteiger partial charge in [-0.2, -0.15) is 0 Å². The molecule has 108 valence electrons. The van der Waals surface area contributed by atoms with E-state index in [1.54, 1.807) is 6.92 Å². The molecular weight excluding hydrogens is 299 g/mol.